The average molecular weight is 778 g/mol. The molecule has 0 aliphatic rings. The van der Waals surface area contributed by atoms with Gasteiger partial charge >= 0.3 is 0 Å². The molecule has 0 unspecified atom stereocenters. The number of benzene rings is 5. The molecule has 7 rings (SSSR count). The first-order valence-corrected chi connectivity index (χ1v) is 18.3. The zero-order valence-electron chi connectivity index (χ0n) is 30.8. The van der Waals surface area contributed by atoms with Crippen LogP contribution in [0.25, 0.3) is 44.6 Å². The zero-order valence-corrected chi connectivity index (χ0v) is 30.8. The molecular weight excluding hydrogens is 739 g/mol. The Labute approximate surface area is 325 Å². The summed E-state index contributed by atoms with van der Waals surface area (Å²) in [5.41, 5.74) is 2.34. The standard InChI is InChI=1S/C45H38F3NO8/c46-33-10-15-37-41(51)28-44(57-45(37)26-33)32-8-13-35(14-9-32)55-24-22-53-20-18-49(29-30-5-16-38(47)39(48)25-30)17-19-52-21-23-54-34-11-6-31(7-12-34)43-27-40(50)36-3-1-2-4-42(36)56-43/h1-16,25-28H,17-24,29H2. The Morgan fingerprint density at radius 3 is 1.67 bits per heavy atom. The predicted molar refractivity (Wildman–Crippen MR) is 210 cm³/mol. The van der Waals surface area contributed by atoms with Crippen molar-refractivity contribution in [1.29, 1.82) is 0 Å². The van der Waals surface area contributed by atoms with E-state index < -0.39 is 17.5 Å². The van der Waals surface area contributed by atoms with Crippen molar-refractivity contribution in [3.8, 4) is 34.1 Å². The van der Waals surface area contributed by atoms with Crippen molar-refractivity contribution >= 4 is 21.9 Å². The van der Waals surface area contributed by atoms with Gasteiger partial charge in [-0.2, -0.15) is 0 Å². The first kappa shape index (κ1) is 39.0. The first-order chi connectivity index (χ1) is 27.8. The molecule has 2 heterocycles. The normalized spacial score (nSPS) is 11.4. The number of nitrogens with zero attached hydrogens (tertiary/aromatic N) is 1. The Hall–Kier alpha value is -6.21. The molecule has 57 heavy (non-hydrogen) atoms. The van der Waals surface area contributed by atoms with E-state index in [-0.39, 0.29) is 23.0 Å². The maximum atomic E-state index is 13.9. The number of para-hydroxylation sites is 1. The van der Waals surface area contributed by atoms with Crippen molar-refractivity contribution in [3.05, 3.63) is 165 Å². The molecule has 0 radical (unpaired) electrons. The molecule has 7 aromatic rings. The lowest BCUT2D eigenvalue weighted by atomic mass is 10.1. The van der Waals surface area contributed by atoms with Gasteiger partial charge in [0.15, 0.2) is 22.5 Å². The highest BCUT2D eigenvalue weighted by atomic mass is 19.2. The Kier molecular flexibility index (Phi) is 12.8. The van der Waals surface area contributed by atoms with Gasteiger partial charge in [-0.15, -0.1) is 0 Å². The van der Waals surface area contributed by atoms with Gasteiger partial charge in [0.1, 0.15) is 53.2 Å². The molecule has 0 fully saturated rings. The van der Waals surface area contributed by atoms with E-state index in [1.54, 1.807) is 60.7 Å². The van der Waals surface area contributed by atoms with Gasteiger partial charge in [-0.3, -0.25) is 14.5 Å². The predicted octanol–water partition coefficient (Wildman–Crippen LogP) is 8.64. The van der Waals surface area contributed by atoms with Crippen LogP contribution in [0.5, 0.6) is 11.5 Å². The van der Waals surface area contributed by atoms with Crippen molar-refractivity contribution in [2.24, 2.45) is 0 Å². The number of ether oxygens (including phenoxy) is 4. The van der Waals surface area contributed by atoms with E-state index in [9.17, 15) is 22.8 Å². The molecule has 0 amide bonds. The molecular formula is C45H38F3NO8. The van der Waals surface area contributed by atoms with Crippen LogP contribution in [-0.4, -0.2) is 57.6 Å². The Balaban J connectivity index is 0.837. The summed E-state index contributed by atoms with van der Waals surface area (Å²) in [7, 11) is 0. The summed E-state index contributed by atoms with van der Waals surface area (Å²) in [5, 5.41) is 0.836. The summed E-state index contributed by atoms with van der Waals surface area (Å²) < 4.78 is 76.2. The Bertz CT molecular complexity index is 2560. The first-order valence-electron chi connectivity index (χ1n) is 18.3. The third kappa shape index (κ3) is 10.4. The van der Waals surface area contributed by atoms with Gasteiger partial charge in [0.25, 0.3) is 0 Å². The maximum absolute atomic E-state index is 13.9. The van der Waals surface area contributed by atoms with Gasteiger partial charge in [0.2, 0.25) is 0 Å². The van der Waals surface area contributed by atoms with Crippen molar-refractivity contribution in [2.45, 2.75) is 6.54 Å². The van der Waals surface area contributed by atoms with Crippen molar-refractivity contribution < 1.29 is 41.0 Å². The van der Waals surface area contributed by atoms with Crippen LogP contribution in [-0.2, 0) is 16.0 Å². The lowest BCUT2D eigenvalue weighted by molar-refractivity contribution is 0.0533. The van der Waals surface area contributed by atoms with Gasteiger partial charge in [0.05, 0.1) is 37.2 Å². The molecule has 9 nitrogen and oxygen atoms in total. The highest BCUT2D eigenvalue weighted by molar-refractivity contribution is 5.79. The Morgan fingerprint density at radius 2 is 1.07 bits per heavy atom. The minimum absolute atomic E-state index is 0.107. The number of rotatable bonds is 18. The van der Waals surface area contributed by atoms with E-state index in [1.807, 2.05) is 23.1 Å². The van der Waals surface area contributed by atoms with Crippen LogP contribution in [0.15, 0.2) is 140 Å². The molecule has 0 aliphatic heterocycles. The number of hydrogen-bond acceptors (Lipinski definition) is 9. The van der Waals surface area contributed by atoms with Crippen LogP contribution < -0.4 is 20.3 Å². The fraction of sp³-hybridized carbons (Fsp3) is 0.200. The van der Waals surface area contributed by atoms with Crippen LogP contribution >= 0.6 is 0 Å². The third-order valence-electron chi connectivity index (χ3n) is 9.09. The van der Waals surface area contributed by atoms with E-state index in [0.29, 0.717) is 103 Å². The van der Waals surface area contributed by atoms with Crippen LogP contribution in [0.3, 0.4) is 0 Å². The minimum Gasteiger partial charge on any atom is -0.491 e. The van der Waals surface area contributed by atoms with Crippen molar-refractivity contribution in [2.75, 3.05) is 52.7 Å². The van der Waals surface area contributed by atoms with Gasteiger partial charge in [-0.25, -0.2) is 13.2 Å². The molecule has 0 saturated heterocycles. The monoisotopic (exact) mass is 777 g/mol. The molecule has 0 spiro atoms. The summed E-state index contributed by atoms with van der Waals surface area (Å²) in [4.78, 5) is 27.0. The number of hydrogen-bond donors (Lipinski definition) is 0. The molecule has 292 valence electrons. The third-order valence-corrected chi connectivity index (χ3v) is 9.09. The summed E-state index contributed by atoms with van der Waals surface area (Å²) in [6.45, 7) is 3.30. The molecule has 5 aromatic carbocycles. The summed E-state index contributed by atoms with van der Waals surface area (Å²) in [6, 6.07) is 31.8. The molecule has 12 heteroatoms. The molecule has 0 atom stereocenters. The fourth-order valence-electron chi connectivity index (χ4n) is 6.14. The maximum Gasteiger partial charge on any atom is 0.193 e. The number of halogens is 3. The van der Waals surface area contributed by atoms with Crippen LogP contribution in [0.1, 0.15) is 5.56 Å². The zero-order chi connectivity index (χ0) is 39.6. The van der Waals surface area contributed by atoms with Gasteiger partial charge in [-0.1, -0.05) is 18.2 Å². The van der Waals surface area contributed by atoms with Gasteiger partial charge in [0, 0.05) is 49.0 Å². The summed E-state index contributed by atoms with van der Waals surface area (Å²) >= 11 is 0. The summed E-state index contributed by atoms with van der Waals surface area (Å²) in [6.07, 6.45) is 0. The van der Waals surface area contributed by atoms with Crippen LogP contribution in [0.2, 0.25) is 0 Å². The van der Waals surface area contributed by atoms with Crippen LogP contribution in [0, 0.1) is 17.5 Å². The van der Waals surface area contributed by atoms with Crippen molar-refractivity contribution in [3.63, 3.8) is 0 Å². The smallest absolute Gasteiger partial charge is 0.193 e. The highest BCUT2D eigenvalue weighted by Gasteiger charge is 2.12. The Morgan fingerprint density at radius 1 is 0.509 bits per heavy atom. The van der Waals surface area contributed by atoms with E-state index in [1.165, 1.54) is 36.4 Å². The second kappa shape index (κ2) is 18.6. The SMILES string of the molecule is O=c1cc(-c2ccc(OCCOCCN(CCOCCOc3ccc(-c4cc(=O)c5ccc(F)cc5o4)cc3)Cc3ccc(F)c(F)c3)cc2)oc2ccccc12. The van der Waals surface area contributed by atoms with E-state index in [0.717, 1.165) is 11.6 Å². The van der Waals surface area contributed by atoms with E-state index in [4.69, 9.17) is 27.8 Å². The second-order valence-electron chi connectivity index (χ2n) is 13.1. The lowest BCUT2D eigenvalue weighted by Crippen LogP contribution is -2.31. The topological polar surface area (TPSA) is 101 Å². The van der Waals surface area contributed by atoms with Gasteiger partial charge in [-0.05, 0) is 90.5 Å². The van der Waals surface area contributed by atoms with Crippen LogP contribution in [0.4, 0.5) is 13.2 Å². The molecule has 0 saturated carbocycles. The molecule has 0 bridgehead atoms. The van der Waals surface area contributed by atoms with E-state index >= 15 is 0 Å². The largest absolute Gasteiger partial charge is 0.491 e. The molecule has 0 aliphatic carbocycles. The minimum atomic E-state index is -0.908. The van der Waals surface area contributed by atoms with Crippen molar-refractivity contribution in [1.82, 2.24) is 4.90 Å². The van der Waals surface area contributed by atoms with E-state index in [2.05, 4.69) is 0 Å². The molecule has 0 N–H and O–H groups in total. The fourth-order valence-corrected chi connectivity index (χ4v) is 6.14. The quantitative estimate of drug-likeness (QED) is 0.0793. The van der Waals surface area contributed by atoms with Gasteiger partial charge < -0.3 is 27.8 Å². The summed E-state index contributed by atoms with van der Waals surface area (Å²) in [5.74, 6) is -0.288. The highest BCUT2D eigenvalue weighted by Crippen LogP contribution is 2.26. The molecule has 2 aromatic heterocycles. The second-order valence-corrected chi connectivity index (χ2v) is 13.1. The average Bonchev–Trinajstić information content (AvgIpc) is 3.22. The lowest BCUT2D eigenvalue weighted by Gasteiger charge is -2.22. The number of fused-ring (bicyclic) bond motifs is 2.